The first-order chi connectivity index (χ1) is 7.66. The number of benzene rings is 1. The number of hydrogen-bond donors (Lipinski definition) is 2. The minimum Gasteiger partial charge on any atom is -0.382 e. The standard InChI is InChI=1S/C12H15ClN2O/c1-8-3-2-4-10(13)12(8)14-7-9-5-6-11(16)15-9/h2-4,9,14H,5-7H2,1H3,(H,15,16). The topological polar surface area (TPSA) is 41.1 Å². The van der Waals surface area contributed by atoms with E-state index in [0.29, 0.717) is 6.42 Å². The maximum Gasteiger partial charge on any atom is 0.220 e. The van der Waals surface area contributed by atoms with Crippen molar-refractivity contribution in [2.45, 2.75) is 25.8 Å². The van der Waals surface area contributed by atoms with Gasteiger partial charge in [-0.1, -0.05) is 23.7 Å². The minimum atomic E-state index is 0.141. The normalized spacial score (nSPS) is 19.6. The van der Waals surface area contributed by atoms with E-state index in [2.05, 4.69) is 10.6 Å². The van der Waals surface area contributed by atoms with Gasteiger partial charge in [0.05, 0.1) is 10.7 Å². The third-order valence-electron chi connectivity index (χ3n) is 2.83. The predicted octanol–water partition coefficient (Wildman–Crippen LogP) is 2.34. The molecule has 0 aliphatic carbocycles. The van der Waals surface area contributed by atoms with Crippen LogP contribution < -0.4 is 10.6 Å². The summed E-state index contributed by atoms with van der Waals surface area (Å²) in [7, 11) is 0. The van der Waals surface area contributed by atoms with Gasteiger partial charge in [-0.3, -0.25) is 4.79 Å². The Morgan fingerprint density at radius 3 is 3.00 bits per heavy atom. The van der Waals surface area contributed by atoms with Gasteiger partial charge in [-0.2, -0.15) is 0 Å². The molecule has 1 aliphatic rings. The molecule has 1 fully saturated rings. The van der Waals surface area contributed by atoms with E-state index in [4.69, 9.17) is 11.6 Å². The first kappa shape index (κ1) is 11.3. The van der Waals surface area contributed by atoms with E-state index in [1.165, 1.54) is 0 Å². The number of hydrogen-bond acceptors (Lipinski definition) is 2. The van der Waals surface area contributed by atoms with E-state index in [-0.39, 0.29) is 11.9 Å². The average Bonchev–Trinajstić information content (AvgIpc) is 2.63. The van der Waals surface area contributed by atoms with Crippen LogP contribution in [0.4, 0.5) is 5.69 Å². The number of carbonyl (C=O) groups excluding carboxylic acids is 1. The molecule has 1 atom stereocenters. The number of aryl methyl sites for hydroxylation is 1. The molecule has 0 bridgehead atoms. The summed E-state index contributed by atoms with van der Waals surface area (Å²) in [5, 5.41) is 6.94. The van der Waals surface area contributed by atoms with E-state index in [9.17, 15) is 4.79 Å². The number of rotatable bonds is 3. The molecular formula is C12H15ClN2O. The molecule has 0 radical (unpaired) electrons. The van der Waals surface area contributed by atoms with E-state index in [1.54, 1.807) is 0 Å². The molecule has 1 unspecified atom stereocenters. The summed E-state index contributed by atoms with van der Waals surface area (Å²) in [5.41, 5.74) is 2.09. The van der Waals surface area contributed by atoms with E-state index >= 15 is 0 Å². The summed E-state index contributed by atoms with van der Waals surface area (Å²) in [6.07, 6.45) is 1.53. The lowest BCUT2D eigenvalue weighted by Gasteiger charge is -2.15. The molecule has 4 heteroatoms. The quantitative estimate of drug-likeness (QED) is 0.849. The average molecular weight is 239 g/mol. The molecule has 1 heterocycles. The van der Waals surface area contributed by atoms with Crippen molar-refractivity contribution in [3.8, 4) is 0 Å². The van der Waals surface area contributed by atoms with Gasteiger partial charge in [0.25, 0.3) is 0 Å². The number of halogens is 1. The van der Waals surface area contributed by atoms with Gasteiger partial charge < -0.3 is 10.6 Å². The molecule has 1 aromatic rings. The second kappa shape index (κ2) is 4.74. The van der Waals surface area contributed by atoms with Crippen molar-refractivity contribution in [1.82, 2.24) is 5.32 Å². The number of para-hydroxylation sites is 1. The van der Waals surface area contributed by atoms with E-state index in [1.807, 2.05) is 25.1 Å². The molecule has 0 spiro atoms. The van der Waals surface area contributed by atoms with Crippen LogP contribution in [0.15, 0.2) is 18.2 Å². The van der Waals surface area contributed by atoms with Crippen molar-refractivity contribution in [2.24, 2.45) is 0 Å². The molecule has 0 aromatic heterocycles. The Morgan fingerprint density at radius 1 is 1.56 bits per heavy atom. The van der Waals surface area contributed by atoms with Crippen LogP contribution in [0.5, 0.6) is 0 Å². The predicted molar refractivity (Wildman–Crippen MR) is 65.8 cm³/mol. The number of nitrogens with one attached hydrogen (secondary N) is 2. The zero-order valence-electron chi connectivity index (χ0n) is 9.22. The van der Waals surface area contributed by atoms with E-state index in [0.717, 1.165) is 29.2 Å². The van der Waals surface area contributed by atoms with Crippen molar-refractivity contribution in [3.05, 3.63) is 28.8 Å². The van der Waals surface area contributed by atoms with Crippen molar-refractivity contribution in [2.75, 3.05) is 11.9 Å². The van der Waals surface area contributed by atoms with Gasteiger partial charge in [-0.25, -0.2) is 0 Å². The van der Waals surface area contributed by atoms with Crippen molar-refractivity contribution in [1.29, 1.82) is 0 Å². The zero-order chi connectivity index (χ0) is 11.5. The molecule has 1 aliphatic heterocycles. The molecule has 16 heavy (non-hydrogen) atoms. The van der Waals surface area contributed by atoms with Crippen LogP contribution in [0, 0.1) is 6.92 Å². The van der Waals surface area contributed by atoms with Crippen LogP contribution in [0.2, 0.25) is 5.02 Å². The molecule has 3 nitrogen and oxygen atoms in total. The van der Waals surface area contributed by atoms with Crippen molar-refractivity contribution < 1.29 is 4.79 Å². The second-order valence-electron chi connectivity index (χ2n) is 4.12. The van der Waals surface area contributed by atoms with Gasteiger partial charge in [0.2, 0.25) is 5.91 Å². The molecule has 0 saturated carbocycles. The SMILES string of the molecule is Cc1cccc(Cl)c1NCC1CCC(=O)N1. The van der Waals surface area contributed by atoms with Gasteiger partial charge >= 0.3 is 0 Å². The number of amides is 1. The van der Waals surface area contributed by atoms with E-state index < -0.39 is 0 Å². The third-order valence-corrected chi connectivity index (χ3v) is 3.15. The Kier molecular flexibility index (Phi) is 3.34. The van der Waals surface area contributed by atoms with Gasteiger partial charge in [-0.05, 0) is 25.0 Å². The van der Waals surface area contributed by atoms with Gasteiger partial charge in [0.15, 0.2) is 0 Å². The maximum atomic E-state index is 11.0. The highest BCUT2D eigenvalue weighted by atomic mass is 35.5. The van der Waals surface area contributed by atoms with Crippen LogP contribution in [-0.4, -0.2) is 18.5 Å². The Bertz CT molecular complexity index is 386. The van der Waals surface area contributed by atoms with Gasteiger partial charge in [0.1, 0.15) is 0 Å². The smallest absolute Gasteiger partial charge is 0.220 e. The molecular weight excluding hydrogens is 224 g/mol. The summed E-state index contributed by atoms with van der Waals surface area (Å²) in [4.78, 5) is 11.0. The Hall–Kier alpha value is -1.22. The van der Waals surface area contributed by atoms with Crippen molar-refractivity contribution >= 4 is 23.2 Å². The first-order valence-corrected chi connectivity index (χ1v) is 5.83. The van der Waals surface area contributed by atoms with Gasteiger partial charge in [-0.15, -0.1) is 0 Å². The summed E-state index contributed by atoms with van der Waals surface area (Å²) in [6.45, 7) is 2.75. The largest absolute Gasteiger partial charge is 0.382 e. The molecule has 1 aromatic carbocycles. The first-order valence-electron chi connectivity index (χ1n) is 5.45. The van der Waals surface area contributed by atoms with Crippen LogP contribution in [0.25, 0.3) is 0 Å². The minimum absolute atomic E-state index is 0.141. The lowest BCUT2D eigenvalue weighted by molar-refractivity contribution is -0.119. The molecule has 86 valence electrons. The Labute approximate surface area is 100 Å². The van der Waals surface area contributed by atoms with Crippen LogP contribution >= 0.6 is 11.6 Å². The highest BCUT2D eigenvalue weighted by molar-refractivity contribution is 6.33. The highest BCUT2D eigenvalue weighted by Gasteiger charge is 2.20. The fourth-order valence-electron chi connectivity index (χ4n) is 1.91. The van der Waals surface area contributed by atoms with Gasteiger partial charge in [0, 0.05) is 19.0 Å². The Morgan fingerprint density at radius 2 is 2.38 bits per heavy atom. The van der Waals surface area contributed by atoms with Crippen LogP contribution in [0.1, 0.15) is 18.4 Å². The molecule has 2 rings (SSSR count). The lowest BCUT2D eigenvalue weighted by atomic mass is 10.2. The molecule has 2 N–H and O–H groups in total. The highest BCUT2D eigenvalue weighted by Crippen LogP contribution is 2.25. The summed E-state index contributed by atoms with van der Waals surface area (Å²) in [5.74, 6) is 0.141. The summed E-state index contributed by atoms with van der Waals surface area (Å²) in [6, 6.07) is 6.04. The van der Waals surface area contributed by atoms with Crippen molar-refractivity contribution in [3.63, 3.8) is 0 Å². The lowest BCUT2D eigenvalue weighted by Crippen LogP contribution is -2.31. The zero-order valence-corrected chi connectivity index (χ0v) is 9.97. The maximum absolute atomic E-state index is 11.0. The molecule has 1 amide bonds. The summed E-state index contributed by atoms with van der Waals surface area (Å²) >= 11 is 6.09. The second-order valence-corrected chi connectivity index (χ2v) is 4.52. The van der Waals surface area contributed by atoms with Crippen LogP contribution in [-0.2, 0) is 4.79 Å². The third kappa shape index (κ3) is 2.47. The monoisotopic (exact) mass is 238 g/mol. The molecule has 1 saturated heterocycles. The summed E-state index contributed by atoms with van der Waals surface area (Å²) < 4.78 is 0. The fraction of sp³-hybridized carbons (Fsp3) is 0.417. The van der Waals surface area contributed by atoms with Crippen LogP contribution in [0.3, 0.4) is 0 Å². The number of carbonyl (C=O) groups is 1. The Balaban J connectivity index is 1.97. The fourth-order valence-corrected chi connectivity index (χ4v) is 2.20. The number of anilines is 1.